The molecule has 0 fully saturated rings. The van der Waals surface area contributed by atoms with Crippen LogP contribution in [0.2, 0.25) is 0 Å². The molecule has 0 amide bonds. The number of hydrogen-bond acceptors (Lipinski definition) is 6. The first-order valence-corrected chi connectivity index (χ1v) is 8.44. The zero-order valence-corrected chi connectivity index (χ0v) is 11.5. The molecule has 1 aromatic heterocycles. The molecule has 0 saturated carbocycles. The normalized spacial score (nSPS) is 12.3. The van der Waals surface area contributed by atoms with Crippen LogP contribution in [-0.2, 0) is 20.2 Å². The molecule has 0 aliphatic rings. The Kier molecular flexibility index (Phi) is 5.23. The van der Waals surface area contributed by atoms with Gasteiger partial charge in [0.1, 0.15) is 0 Å². The number of aromatic nitrogens is 1. The maximum atomic E-state index is 10.7. The van der Waals surface area contributed by atoms with E-state index in [1.807, 2.05) is 0 Å². The first kappa shape index (κ1) is 15.8. The van der Waals surface area contributed by atoms with Gasteiger partial charge in [-0.25, -0.2) is 0 Å². The van der Waals surface area contributed by atoms with E-state index in [2.05, 4.69) is 4.98 Å². The lowest BCUT2D eigenvalue weighted by Gasteiger charge is -2.23. The van der Waals surface area contributed by atoms with Crippen LogP contribution in [0.3, 0.4) is 0 Å². The monoisotopic (exact) mass is 310 g/mol. The first-order chi connectivity index (χ1) is 8.67. The summed E-state index contributed by atoms with van der Waals surface area (Å²) in [6.07, 6.45) is 2.92. The molecule has 19 heavy (non-hydrogen) atoms. The standard InChI is InChI=1S/C9H14N2O6S2/c12-18(13,14)7-5-11(6-8-19(15,16)17)9-1-3-10-4-2-9/h1-4H,5-8H2,(H,12,13,14)(H,15,16,17). The number of hydrogen-bond donors (Lipinski definition) is 2. The predicted molar refractivity (Wildman–Crippen MR) is 69.3 cm³/mol. The van der Waals surface area contributed by atoms with Gasteiger partial charge in [-0.05, 0) is 12.1 Å². The fraction of sp³-hybridized carbons (Fsp3) is 0.444. The Balaban J connectivity index is 2.79. The summed E-state index contributed by atoms with van der Waals surface area (Å²) in [5.41, 5.74) is 0.544. The largest absolute Gasteiger partial charge is 0.369 e. The lowest BCUT2D eigenvalue weighted by molar-refractivity contribution is 0.482. The van der Waals surface area contributed by atoms with Gasteiger partial charge in [-0.2, -0.15) is 16.8 Å². The molecule has 8 nitrogen and oxygen atoms in total. The number of nitrogens with zero attached hydrogens (tertiary/aromatic N) is 2. The van der Waals surface area contributed by atoms with Gasteiger partial charge in [-0.15, -0.1) is 0 Å². The van der Waals surface area contributed by atoms with Gasteiger partial charge in [0.2, 0.25) is 0 Å². The summed E-state index contributed by atoms with van der Waals surface area (Å²) in [6, 6.07) is 3.13. The van der Waals surface area contributed by atoms with Crippen molar-refractivity contribution in [2.24, 2.45) is 0 Å². The van der Waals surface area contributed by atoms with Gasteiger partial charge in [0.25, 0.3) is 20.2 Å². The summed E-state index contributed by atoms with van der Waals surface area (Å²) >= 11 is 0. The quantitative estimate of drug-likeness (QED) is 0.655. The first-order valence-electron chi connectivity index (χ1n) is 5.23. The van der Waals surface area contributed by atoms with Gasteiger partial charge in [-0.3, -0.25) is 14.1 Å². The molecule has 0 aliphatic heterocycles. The molecule has 0 bridgehead atoms. The lowest BCUT2D eigenvalue weighted by Crippen LogP contribution is -2.33. The van der Waals surface area contributed by atoms with Crippen LogP contribution < -0.4 is 4.90 Å². The summed E-state index contributed by atoms with van der Waals surface area (Å²) in [6.45, 7) is -0.198. The molecule has 108 valence electrons. The van der Waals surface area contributed by atoms with E-state index >= 15 is 0 Å². The second kappa shape index (κ2) is 6.28. The Morgan fingerprint density at radius 3 is 1.74 bits per heavy atom. The van der Waals surface area contributed by atoms with E-state index in [1.165, 1.54) is 17.3 Å². The van der Waals surface area contributed by atoms with E-state index in [0.29, 0.717) is 5.69 Å². The molecule has 10 heteroatoms. The zero-order chi connectivity index (χ0) is 14.5. The second-order valence-electron chi connectivity index (χ2n) is 3.76. The molecular formula is C9H14N2O6S2. The van der Waals surface area contributed by atoms with E-state index in [9.17, 15) is 16.8 Å². The molecule has 0 unspecified atom stereocenters. The van der Waals surface area contributed by atoms with E-state index in [-0.39, 0.29) is 13.1 Å². The van der Waals surface area contributed by atoms with Gasteiger partial charge in [0.05, 0.1) is 11.5 Å². The smallest absolute Gasteiger partial charge is 0.266 e. The molecule has 0 saturated heterocycles. The highest BCUT2D eigenvalue weighted by Crippen LogP contribution is 2.12. The molecule has 0 spiro atoms. The number of pyridine rings is 1. The number of anilines is 1. The average molecular weight is 310 g/mol. The second-order valence-corrected chi connectivity index (χ2v) is 6.91. The molecule has 0 aliphatic carbocycles. The third-order valence-electron chi connectivity index (χ3n) is 2.27. The van der Waals surface area contributed by atoms with Crippen molar-refractivity contribution < 1.29 is 25.9 Å². The lowest BCUT2D eigenvalue weighted by atomic mass is 10.3. The van der Waals surface area contributed by atoms with Crippen LogP contribution in [0.4, 0.5) is 5.69 Å². The summed E-state index contributed by atoms with van der Waals surface area (Å²) < 4.78 is 60.3. The topological polar surface area (TPSA) is 125 Å². The van der Waals surface area contributed by atoms with Crippen molar-refractivity contribution in [3.05, 3.63) is 24.5 Å². The van der Waals surface area contributed by atoms with Crippen molar-refractivity contribution in [2.45, 2.75) is 0 Å². The molecular weight excluding hydrogens is 296 g/mol. The minimum absolute atomic E-state index is 0.0988. The minimum Gasteiger partial charge on any atom is -0.369 e. The van der Waals surface area contributed by atoms with Crippen molar-refractivity contribution in [2.75, 3.05) is 29.5 Å². The predicted octanol–water partition coefficient (Wildman–Crippen LogP) is -0.336. The van der Waals surface area contributed by atoms with Crippen LogP contribution in [0, 0.1) is 0 Å². The van der Waals surface area contributed by atoms with Crippen molar-refractivity contribution >= 4 is 25.9 Å². The molecule has 0 aromatic carbocycles. The third-order valence-corrected chi connectivity index (χ3v) is 3.66. The highest BCUT2D eigenvalue weighted by Gasteiger charge is 2.14. The average Bonchev–Trinajstić information content (AvgIpc) is 2.27. The highest BCUT2D eigenvalue weighted by molar-refractivity contribution is 7.86. The van der Waals surface area contributed by atoms with E-state index in [4.69, 9.17) is 9.11 Å². The summed E-state index contributed by atoms with van der Waals surface area (Å²) in [5, 5.41) is 0. The van der Waals surface area contributed by atoms with Gasteiger partial charge in [0.15, 0.2) is 0 Å². The Morgan fingerprint density at radius 1 is 0.947 bits per heavy atom. The number of rotatable bonds is 7. The fourth-order valence-corrected chi connectivity index (χ4v) is 2.28. The van der Waals surface area contributed by atoms with Gasteiger partial charge < -0.3 is 4.90 Å². The van der Waals surface area contributed by atoms with Gasteiger partial charge in [0, 0.05) is 31.2 Å². The molecule has 1 rings (SSSR count). The fourth-order valence-electron chi connectivity index (χ4n) is 1.38. The van der Waals surface area contributed by atoms with E-state index < -0.39 is 31.7 Å². The summed E-state index contributed by atoms with van der Waals surface area (Å²) in [7, 11) is -8.30. The Morgan fingerprint density at radius 2 is 1.37 bits per heavy atom. The summed E-state index contributed by atoms with van der Waals surface area (Å²) in [5.74, 6) is -1.08. The summed E-state index contributed by atoms with van der Waals surface area (Å²) in [4.78, 5) is 5.20. The van der Waals surface area contributed by atoms with Crippen molar-refractivity contribution in [1.29, 1.82) is 0 Å². The van der Waals surface area contributed by atoms with Crippen LogP contribution in [0.5, 0.6) is 0 Å². The Hall–Kier alpha value is -1.23. The van der Waals surface area contributed by atoms with Crippen LogP contribution in [-0.4, -0.2) is 55.5 Å². The maximum Gasteiger partial charge on any atom is 0.266 e. The van der Waals surface area contributed by atoms with E-state index in [0.717, 1.165) is 0 Å². The molecule has 0 radical (unpaired) electrons. The molecule has 1 heterocycles. The molecule has 2 N–H and O–H groups in total. The molecule has 1 aromatic rings. The van der Waals surface area contributed by atoms with Crippen molar-refractivity contribution in [3.63, 3.8) is 0 Å². The minimum atomic E-state index is -4.15. The zero-order valence-electron chi connectivity index (χ0n) is 9.88. The highest BCUT2D eigenvalue weighted by atomic mass is 32.2. The maximum absolute atomic E-state index is 10.7. The van der Waals surface area contributed by atoms with Crippen molar-refractivity contribution in [1.82, 2.24) is 4.98 Å². The van der Waals surface area contributed by atoms with Crippen LogP contribution in [0.15, 0.2) is 24.5 Å². The Labute approximate surface area is 111 Å². The van der Waals surface area contributed by atoms with Gasteiger partial charge >= 0.3 is 0 Å². The van der Waals surface area contributed by atoms with Crippen LogP contribution in [0.25, 0.3) is 0 Å². The van der Waals surface area contributed by atoms with Gasteiger partial charge in [-0.1, -0.05) is 0 Å². The van der Waals surface area contributed by atoms with Crippen LogP contribution >= 0.6 is 0 Å². The van der Waals surface area contributed by atoms with Crippen molar-refractivity contribution in [3.8, 4) is 0 Å². The SMILES string of the molecule is O=S(=O)(O)CCN(CCS(=O)(=O)O)c1ccncc1. The third kappa shape index (κ3) is 7.06. The van der Waals surface area contributed by atoms with Crippen LogP contribution in [0.1, 0.15) is 0 Å². The van der Waals surface area contributed by atoms with E-state index in [1.54, 1.807) is 12.1 Å². The molecule has 0 atom stereocenters. The Bertz CT molecular complexity index is 563.